The zero-order valence-corrected chi connectivity index (χ0v) is 14.3. The summed E-state index contributed by atoms with van der Waals surface area (Å²) in [4.78, 5) is 24.0. The van der Waals surface area contributed by atoms with Crippen LogP contribution in [0.4, 0.5) is 4.39 Å². The number of hydrogen-bond acceptors (Lipinski definition) is 3. The summed E-state index contributed by atoms with van der Waals surface area (Å²) in [7, 11) is 1.51. The van der Waals surface area contributed by atoms with Gasteiger partial charge in [0.25, 0.3) is 5.91 Å². The number of carbonyl (C=O) groups excluding carboxylic acids is 1. The van der Waals surface area contributed by atoms with Crippen molar-refractivity contribution in [2.45, 2.75) is 25.8 Å². The molecule has 1 amide bonds. The van der Waals surface area contributed by atoms with Gasteiger partial charge in [-0.15, -0.1) is 0 Å². The van der Waals surface area contributed by atoms with Crippen molar-refractivity contribution in [1.82, 2.24) is 5.32 Å². The number of aliphatic carboxylic acids is 1. The number of carboxylic acids is 1. The highest BCUT2D eigenvalue weighted by Crippen LogP contribution is 2.28. The molecule has 5 nitrogen and oxygen atoms in total. The first-order chi connectivity index (χ1) is 11.7. The van der Waals surface area contributed by atoms with Crippen LogP contribution in [0.2, 0.25) is 0 Å². The summed E-state index contributed by atoms with van der Waals surface area (Å²) >= 11 is 0. The van der Waals surface area contributed by atoms with Gasteiger partial charge in [0.2, 0.25) is 0 Å². The summed E-state index contributed by atoms with van der Waals surface area (Å²) in [5.74, 6) is -1.40. The number of carboxylic acid groups (broad SMARTS) is 1. The van der Waals surface area contributed by atoms with Crippen LogP contribution in [-0.2, 0) is 10.3 Å². The van der Waals surface area contributed by atoms with Gasteiger partial charge in [-0.05, 0) is 55.3 Å². The van der Waals surface area contributed by atoms with Gasteiger partial charge in [0.1, 0.15) is 11.6 Å². The van der Waals surface area contributed by atoms with Crippen LogP contribution in [0.25, 0.3) is 0 Å². The molecular formula is C19H20FNO4. The number of ether oxygens (including phenoxy) is 1. The minimum atomic E-state index is -1.15. The molecule has 0 aliphatic heterocycles. The number of amides is 1. The number of methoxy groups -OCH3 is 1. The highest BCUT2D eigenvalue weighted by molar-refractivity contribution is 5.96. The number of aryl methyl sites for hydroxylation is 1. The fourth-order valence-corrected chi connectivity index (χ4v) is 2.69. The average Bonchev–Trinajstić information content (AvgIpc) is 2.53. The van der Waals surface area contributed by atoms with Crippen molar-refractivity contribution in [2.24, 2.45) is 0 Å². The van der Waals surface area contributed by atoms with E-state index >= 15 is 0 Å². The Bertz CT molecular complexity index is 806. The molecule has 1 unspecified atom stereocenters. The fourth-order valence-electron chi connectivity index (χ4n) is 2.69. The standard InChI is InChI=1S/C19H20FNO4/c1-12-9-14(20)7-8-16(12)18(24)21-19(2,11-17(22)23)13-5-4-6-15(10-13)25-3/h4-10H,11H2,1-3H3,(H,21,24)(H,22,23). The minimum Gasteiger partial charge on any atom is -0.497 e. The molecule has 0 aromatic heterocycles. The third-order valence-electron chi connectivity index (χ3n) is 4.03. The van der Waals surface area contributed by atoms with E-state index in [1.165, 1.54) is 25.3 Å². The summed E-state index contributed by atoms with van der Waals surface area (Å²) < 4.78 is 18.4. The number of nitrogens with one attached hydrogen (secondary N) is 1. The highest BCUT2D eigenvalue weighted by Gasteiger charge is 2.32. The lowest BCUT2D eigenvalue weighted by Gasteiger charge is -2.30. The van der Waals surface area contributed by atoms with Crippen molar-refractivity contribution >= 4 is 11.9 Å². The van der Waals surface area contributed by atoms with Gasteiger partial charge in [0.05, 0.1) is 19.1 Å². The molecule has 0 aliphatic carbocycles. The molecule has 2 aromatic rings. The zero-order chi connectivity index (χ0) is 18.6. The van der Waals surface area contributed by atoms with Crippen molar-refractivity contribution in [3.05, 3.63) is 65.0 Å². The minimum absolute atomic E-state index is 0.293. The summed E-state index contributed by atoms with van der Waals surface area (Å²) in [6.45, 7) is 3.25. The molecule has 25 heavy (non-hydrogen) atoms. The van der Waals surface area contributed by atoms with Crippen molar-refractivity contribution in [1.29, 1.82) is 0 Å². The Morgan fingerprint density at radius 2 is 1.96 bits per heavy atom. The monoisotopic (exact) mass is 345 g/mol. The summed E-state index contributed by atoms with van der Waals surface area (Å²) in [5.41, 5.74) is 0.210. The molecule has 0 heterocycles. The van der Waals surface area contributed by atoms with Gasteiger partial charge >= 0.3 is 5.97 Å². The maximum atomic E-state index is 13.2. The molecule has 0 radical (unpaired) electrons. The van der Waals surface area contributed by atoms with Crippen LogP contribution in [-0.4, -0.2) is 24.1 Å². The zero-order valence-electron chi connectivity index (χ0n) is 14.3. The second kappa shape index (κ2) is 7.34. The van der Waals surface area contributed by atoms with Crippen molar-refractivity contribution in [3.63, 3.8) is 0 Å². The highest BCUT2D eigenvalue weighted by atomic mass is 19.1. The van der Waals surface area contributed by atoms with E-state index in [1.807, 2.05) is 0 Å². The fraction of sp³-hybridized carbons (Fsp3) is 0.263. The molecular weight excluding hydrogens is 325 g/mol. The second-order valence-corrected chi connectivity index (χ2v) is 6.05. The van der Waals surface area contributed by atoms with Crippen LogP contribution < -0.4 is 10.1 Å². The first-order valence-electron chi connectivity index (χ1n) is 7.70. The van der Waals surface area contributed by atoms with E-state index in [9.17, 15) is 19.1 Å². The second-order valence-electron chi connectivity index (χ2n) is 6.05. The molecule has 0 saturated heterocycles. The topological polar surface area (TPSA) is 75.6 Å². The van der Waals surface area contributed by atoms with Crippen molar-refractivity contribution in [2.75, 3.05) is 7.11 Å². The molecule has 0 aliphatic rings. The molecule has 0 saturated carbocycles. The molecule has 0 fully saturated rings. The molecule has 0 bridgehead atoms. The quantitative estimate of drug-likeness (QED) is 0.843. The van der Waals surface area contributed by atoms with Crippen molar-refractivity contribution < 1.29 is 23.8 Å². The number of carbonyl (C=O) groups is 2. The van der Waals surface area contributed by atoms with E-state index < -0.39 is 23.2 Å². The smallest absolute Gasteiger partial charge is 0.306 e. The van der Waals surface area contributed by atoms with E-state index in [0.29, 0.717) is 22.4 Å². The summed E-state index contributed by atoms with van der Waals surface area (Å²) in [5, 5.41) is 12.1. The number of benzene rings is 2. The number of rotatable bonds is 6. The maximum Gasteiger partial charge on any atom is 0.306 e. The van der Waals surface area contributed by atoms with Gasteiger partial charge in [-0.3, -0.25) is 9.59 Å². The Morgan fingerprint density at radius 3 is 2.56 bits per heavy atom. The third kappa shape index (κ3) is 4.35. The maximum absolute atomic E-state index is 13.2. The third-order valence-corrected chi connectivity index (χ3v) is 4.03. The lowest BCUT2D eigenvalue weighted by atomic mass is 9.87. The van der Waals surface area contributed by atoms with Crippen LogP contribution in [0.5, 0.6) is 5.75 Å². The molecule has 6 heteroatoms. The first kappa shape index (κ1) is 18.4. The molecule has 2 N–H and O–H groups in total. The Morgan fingerprint density at radius 1 is 1.24 bits per heavy atom. The van der Waals surface area contributed by atoms with E-state index in [4.69, 9.17) is 4.74 Å². The molecule has 2 aromatic carbocycles. The lowest BCUT2D eigenvalue weighted by Crippen LogP contribution is -2.45. The normalized spacial score (nSPS) is 13.0. The van der Waals surface area contributed by atoms with E-state index in [0.717, 1.165) is 0 Å². The first-order valence-corrected chi connectivity index (χ1v) is 7.70. The van der Waals surface area contributed by atoms with Gasteiger partial charge in [-0.2, -0.15) is 0 Å². The van der Waals surface area contributed by atoms with Crippen LogP contribution >= 0.6 is 0 Å². The van der Waals surface area contributed by atoms with Gasteiger partial charge in [-0.25, -0.2) is 4.39 Å². The SMILES string of the molecule is COc1cccc(C(C)(CC(=O)O)NC(=O)c2ccc(F)cc2C)c1. The van der Waals surface area contributed by atoms with E-state index in [-0.39, 0.29) is 6.42 Å². The van der Waals surface area contributed by atoms with Gasteiger partial charge in [0, 0.05) is 5.56 Å². The predicted octanol–water partition coefficient (Wildman–Crippen LogP) is 3.26. The van der Waals surface area contributed by atoms with Crippen molar-refractivity contribution in [3.8, 4) is 5.75 Å². The molecule has 132 valence electrons. The number of hydrogen-bond donors (Lipinski definition) is 2. The molecule has 1 atom stereocenters. The average molecular weight is 345 g/mol. The predicted molar refractivity (Wildman–Crippen MR) is 91.2 cm³/mol. The van der Waals surface area contributed by atoms with E-state index in [2.05, 4.69) is 5.32 Å². The van der Waals surface area contributed by atoms with Crippen LogP contribution in [0.3, 0.4) is 0 Å². The Hall–Kier alpha value is -2.89. The van der Waals surface area contributed by atoms with Crippen LogP contribution in [0.15, 0.2) is 42.5 Å². The lowest BCUT2D eigenvalue weighted by molar-refractivity contribution is -0.138. The van der Waals surface area contributed by atoms with E-state index in [1.54, 1.807) is 38.1 Å². The Labute approximate surface area is 145 Å². The Balaban J connectivity index is 2.39. The van der Waals surface area contributed by atoms with Gasteiger partial charge in [0.15, 0.2) is 0 Å². The van der Waals surface area contributed by atoms with Crippen LogP contribution in [0.1, 0.15) is 34.8 Å². The summed E-state index contributed by atoms with van der Waals surface area (Å²) in [6.07, 6.45) is -0.313. The molecule has 0 spiro atoms. The largest absolute Gasteiger partial charge is 0.497 e. The summed E-state index contributed by atoms with van der Waals surface area (Å²) in [6, 6.07) is 10.7. The molecule has 2 rings (SSSR count). The van der Waals surface area contributed by atoms with Crippen LogP contribution in [0, 0.1) is 12.7 Å². The number of halogens is 1. The Kier molecular flexibility index (Phi) is 5.41. The van der Waals surface area contributed by atoms with Gasteiger partial charge in [-0.1, -0.05) is 12.1 Å². The van der Waals surface area contributed by atoms with Gasteiger partial charge < -0.3 is 15.2 Å².